The van der Waals surface area contributed by atoms with Crippen molar-refractivity contribution in [3.63, 3.8) is 0 Å². The van der Waals surface area contributed by atoms with E-state index in [1.54, 1.807) is 0 Å². The Morgan fingerprint density at radius 2 is 2.00 bits per heavy atom. The Bertz CT molecular complexity index is 306. The van der Waals surface area contributed by atoms with Gasteiger partial charge in [-0.25, -0.2) is 0 Å². The molecule has 1 aromatic carbocycles. The predicted molar refractivity (Wildman–Crippen MR) is 64.3 cm³/mol. The Morgan fingerprint density at radius 3 is 2.53 bits per heavy atom. The van der Waals surface area contributed by atoms with Crippen molar-refractivity contribution in [3.05, 3.63) is 34.9 Å². The molecule has 1 aliphatic carbocycles. The molecule has 0 heterocycles. The Morgan fingerprint density at radius 1 is 1.33 bits per heavy atom. The number of nitrogens with one attached hydrogen (secondary N) is 2. The fourth-order valence-corrected chi connectivity index (χ4v) is 1.83. The highest BCUT2D eigenvalue weighted by molar-refractivity contribution is 6.30. The van der Waals surface area contributed by atoms with Gasteiger partial charge in [0.25, 0.3) is 0 Å². The summed E-state index contributed by atoms with van der Waals surface area (Å²) in [6, 6.07) is 9.22. The molecular formula is C12H17ClN2. The van der Waals surface area contributed by atoms with Crippen LogP contribution in [0.15, 0.2) is 24.3 Å². The van der Waals surface area contributed by atoms with E-state index in [0.29, 0.717) is 6.04 Å². The number of halogens is 1. The zero-order valence-electron chi connectivity index (χ0n) is 8.96. The van der Waals surface area contributed by atoms with E-state index < -0.39 is 0 Å². The van der Waals surface area contributed by atoms with Crippen LogP contribution in [0.1, 0.15) is 24.4 Å². The largest absolute Gasteiger partial charge is 0.318 e. The van der Waals surface area contributed by atoms with Gasteiger partial charge in [0.05, 0.1) is 0 Å². The molecule has 1 aromatic rings. The fourth-order valence-electron chi connectivity index (χ4n) is 1.71. The normalized spacial score (nSPS) is 17.7. The van der Waals surface area contributed by atoms with Gasteiger partial charge in [0.1, 0.15) is 0 Å². The van der Waals surface area contributed by atoms with Gasteiger partial charge in [-0.15, -0.1) is 0 Å². The molecule has 3 heteroatoms. The predicted octanol–water partition coefficient (Wildman–Crippen LogP) is 2.35. The zero-order valence-corrected chi connectivity index (χ0v) is 9.72. The number of hydrogen-bond donors (Lipinski definition) is 2. The lowest BCUT2D eigenvalue weighted by molar-refractivity contribution is 0.506. The molecule has 1 fully saturated rings. The van der Waals surface area contributed by atoms with Crippen molar-refractivity contribution in [1.29, 1.82) is 0 Å². The fraction of sp³-hybridized carbons (Fsp3) is 0.500. The molecule has 2 N–H and O–H groups in total. The maximum Gasteiger partial charge on any atom is 0.0448 e. The molecule has 1 atom stereocenters. The number of hydrogen-bond acceptors (Lipinski definition) is 2. The minimum atomic E-state index is 0.403. The van der Waals surface area contributed by atoms with E-state index in [2.05, 4.69) is 22.8 Å². The van der Waals surface area contributed by atoms with E-state index in [9.17, 15) is 0 Å². The number of likely N-dealkylation sites (N-methyl/N-ethyl adjacent to an activating group) is 1. The van der Waals surface area contributed by atoms with Crippen LogP contribution >= 0.6 is 11.6 Å². The Balaban J connectivity index is 2.04. The molecule has 2 nitrogen and oxygen atoms in total. The molecule has 0 saturated heterocycles. The van der Waals surface area contributed by atoms with Gasteiger partial charge in [-0.1, -0.05) is 23.7 Å². The van der Waals surface area contributed by atoms with Crippen molar-refractivity contribution in [2.75, 3.05) is 13.6 Å². The molecule has 82 valence electrons. The average molecular weight is 225 g/mol. The third-order valence-corrected chi connectivity index (χ3v) is 2.95. The highest BCUT2D eigenvalue weighted by atomic mass is 35.5. The first-order chi connectivity index (χ1) is 7.29. The Hall–Kier alpha value is -0.570. The van der Waals surface area contributed by atoms with Crippen molar-refractivity contribution in [1.82, 2.24) is 10.6 Å². The summed E-state index contributed by atoms with van der Waals surface area (Å²) in [5.74, 6) is 0. The molecule has 15 heavy (non-hydrogen) atoms. The second kappa shape index (κ2) is 4.97. The van der Waals surface area contributed by atoms with Gasteiger partial charge in [0.2, 0.25) is 0 Å². The van der Waals surface area contributed by atoms with Gasteiger partial charge in [0, 0.05) is 23.7 Å². The first-order valence-corrected chi connectivity index (χ1v) is 5.83. The molecule has 0 radical (unpaired) electrons. The van der Waals surface area contributed by atoms with E-state index >= 15 is 0 Å². The molecule has 0 spiro atoms. The summed E-state index contributed by atoms with van der Waals surface area (Å²) in [7, 11) is 1.98. The molecule has 1 unspecified atom stereocenters. The smallest absolute Gasteiger partial charge is 0.0448 e. The van der Waals surface area contributed by atoms with Crippen LogP contribution in [0, 0.1) is 0 Å². The van der Waals surface area contributed by atoms with E-state index in [4.69, 9.17) is 11.6 Å². The summed E-state index contributed by atoms with van der Waals surface area (Å²) < 4.78 is 0. The minimum absolute atomic E-state index is 0.403. The van der Waals surface area contributed by atoms with Crippen LogP contribution in [0.2, 0.25) is 5.02 Å². The molecule has 0 aromatic heterocycles. The van der Waals surface area contributed by atoms with Crippen LogP contribution in [0.4, 0.5) is 0 Å². The van der Waals surface area contributed by atoms with E-state index in [-0.39, 0.29) is 0 Å². The van der Waals surface area contributed by atoms with Gasteiger partial charge < -0.3 is 10.6 Å². The van der Waals surface area contributed by atoms with Crippen LogP contribution in [0.3, 0.4) is 0 Å². The quantitative estimate of drug-likeness (QED) is 0.803. The van der Waals surface area contributed by atoms with Gasteiger partial charge in [-0.05, 0) is 37.6 Å². The van der Waals surface area contributed by atoms with Crippen LogP contribution < -0.4 is 10.6 Å². The van der Waals surface area contributed by atoms with Gasteiger partial charge in [-0.2, -0.15) is 0 Å². The van der Waals surface area contributed by atoms with Crippen molar-refractivity contribution >= 4 is 11.6 Å². The summed E-state index contributed by atoms with van der Waals surface area (Å²) in [5.41, 5.74) is 1.31. The summed E-state index contributed by atoms with van der Waals surface area (Å²) in [4.78, 5) is 0. The Labute approximate surface area is 96.0 Å². The lowest BCUT2D eigenvalue weighted by Gasteiger charge is -2.18. The Kier molecular flexibility index (Phi) is 3.62. The van der Waals surface area contributed by atoms with Crippen LogP contribution in [-0.2, 0) is 0 Å². The summed E-state index contributed by atoms with van der Waals surface area (Å²) in [5, 5.41) is 7.64. The molecule has 1 aliphatic rings. The van der Waals surface area contributed by atoms with Crippen LogP contribution in [0.5, 0.6) is 0 Å². The highest BCUT2D eigenvalue weighted by Crippen LogP contribution is 2.24. The van der Waals surface area contributed by atoms with Gasteiger partial charge in [-0.3, -0.25) is 0 Å². The SMILES string of the molecule is CNCC(NC1CC1)c1ccc(Cl)cc1. The van der Waals surface area contributed by atoms with Crippen molar-refractivity contribution < 1.29 is 0 Å². The van der Waals surface area contributed by atoms with Crippen molar-refractivity contribution in [2.24, 2.45) is 0 Å². The first kappa shape index (κ1) is 10.9. The highest BCUT2D eigenvalue weighted by Gasteiger charge is 2.24. The monoisotopic (exact) mass is 224 g/mol. The lowest BCUT2D eigenvalue weighted by atomic mass is 10.1. The maximum atomic E-state index is 5.88. The molecule has 0 bridgehead atoms. The van der Waals surface area contributed by atoms with Crippen LogP contribution in [0.25, 0.3) is 0 Å². The minimum Gasteiger partial charge on any atom is -0.318 e. The second-order valence-corrected chi connectivity index (χ2v) is 4.54. The van der Waals surface area contributed by atoms with E-state index in [1.165, 1.54) is 18.4 Å². The molecule has 0 amide bonds. The summed E-state index contributed by atoms with van der Waals surface area (Å²) in [6.45, 7) is 0.956. The van der Waals surface area contributed by atoms with Crippen molar-refractivity contribution in [2.45, 2.75) is 24.9 Å². The average Bonchev–Trinajstić information content (AvgIpc) is 3.02. The standard InChI is InChI=1S/C12H17ClN2/c1-14-8-12(15-11-6-7-11)9-2-4-10(13)5-3-9/h2-5,11-12,14-15H,6-8H2,1H3. The van der Waals surface area contributed by atoms with Crippen molar-refractivity contribution in [3.8, 4) is 0 Å². The first-order valence-electron chi connectivity index (χ1n) is 5.45. The third kappa shape index (κ3) is 3.20. The van der Waals surface area contributed by atoms with Crippen LogP contribution in [-0.4, -0.2) is 19.6 Å². The molecular weight excluding hydrogens is 208 g/mol. The number of benzene rings is 1. The topological polar surface area (TPSA) is 24.1 Å². The second-order valence-electron chi connectivity index (χ2n) is 4.10. The van der Waals surface area contributed by atoms with Gasteiger partial charge >= 0.3 is 0 Å². The lowest BCUT2D eigenvalue weighted by Crippen LogP contribution is -2.31. The summed E-state index contributed by atoms with van der Waals surface area (Å²) in [6.07, 6.45) is 2.63. The van der Waals surface area contributed by atoms with Gasteiger partial charge in [0.15, 0.2) is 0 Å². The third-order valence-electron chi connectivity index (χ3n) is 2.69. The number of rotatable bonds is 5. The summed E-state index contributed by atoms with van der Waals surface area (Å²) >= 11 is 5.88. The van der Waals surface area contributed by atoms with E-state index in [1.807, 2.05) is 19.2 Å². The molecule has 2 rings (SSSR count). The zero-order chi connectivity index (χ0) is 10.7. The van der Waals surface area contributed by atoms with E-state index in [0.717, 1.165) is 17.6 Å². The molecule has 0 aliphatic heterocycles. The molecule has 1 saturated carbocycles. The maximum absolute atomic E-state index is 5.88.